The fourth-order valence-corrected chi connectivity index (χ4v) is 1.44. The van der Waals surface area contributed by atoms with Gasteiger partial charge in [-0.05, 0) is 19.8 Å². The van der Waals surface area contributed by atoms with E-state index < -0.39 is 0 Å². The topological polar surface area (TPSA) is 54.9 Å². The van der Waals surface area contributed by atoms with E-state index in [1.54, 1.807) is 13.1 Å². The van der Waals surface area contributed by atoms with Gasteiger partial charge in [0.1, 0.15) is 11.5 Å². The third-order valence-corrected chi connectivity index (χ3v) is 2.11. The molecule has 0 saturated heterocycles. The average molecular weight is 177 g/mol. The molecule has 2 rings (SSSR count). The number of amides is 1. The van der Waals surface area contributed by atoms with Crippen LogP contribution >= 0.6 is 0 Å². The van der Waals surface area contributed by atoms with Gasteiger partial charge in [0.25, 0.3) is 5.91 Å². The van der Waals surface area contributed by atoms with Crippen molar-refractivity contribution in [3.63, 3.8) is 0 Å². The lowest BCUT2D eigenvalue weighted by atomic mass is 10.1. The Hall–Kier alpha value is -1.45. The molecule has 0 aromatic carbocycles. The Bertz CT molecular complexity index is 349. The maximum Gasteiger partial charge on any atom is 0.270 e. The van der Waals surface area contributed by atoms with Gasteiger partial charge in [-0.2, -0.15) is 0 Å². The van der Waals surface area contributed by atoms with Crippen LogP contribution in [0, 0.1) is 6.92 Å². The number of nitrogens with one attached hydrogen (secondary N) is 1. The minimum Gasteiger partial charge on any atom is -0.351 e. The Morgan fingerprint density at radius 1 is 1.54 bits per heavy atom. The van der Waals surface area contributed by atoms with Crippen molar-refractivity contribution in [1.82, 2.24) is 15.3 Å². The first kappa shape index (κ1) is 8.16. The minimum absolute atomic E-state index is 0.0713. The summed E-state index contributed by atoms with van der Waals surface area (Å²) in [5.41, 5.74) is 1.51. The van der Waals surface area contributed by atoms with Crippen LogP contribution in [0.1, 0.15) is 28.3 Å². The van der Waals surface area contributed by atoms with Gasteiger partial charge in [0, 0.05) is 18.3 Å². The van der Waals surface area contributed by atoms with E-state index in [2.05, 4.69) is 15.3 Å². The highest BCUT2D eigenvalue weighted by molar-refractivity contribution is 5.93. The summed E-state index contributed by atoms with van der Waals surface area (Å²) < 4.78 is 0. The molecule has 0 radical (unpaired) electrons. The molecular weight excluding hydrogens is 166 g/mol. The lowest BCUT2D eigenvalue weighted by molar-refractivity contribution is 0.0951. The Balaban J connectivity index is 2.49. The Morgan fingerprint density at radius 2 is 2.38 bits per heavy atom. The van der Waals surface area contributed by atoms with Gasteiger partial charge in [-0.3, -0.25) is 4.79 Å². The van der Waals surface area contributed by atoms with E-state index in [1.807, 2.05) is 0 Å². The van der Waals surface area contributed by atoms with Gasteiger partial charge in [-0.1, -0.05) is 0 Å². The Morgan fingerprint density at radius 3 is 3.23 bits per heavy atom. The third-order valence-electron chi connectivity index (χ3n) is 2.11. The van der Waals surface area contributed by atoms with Crippen LogP contribution in [0.4, 0.5) is 0 Å². The molecule has 1 aromatic heterocycles. The predicted octanol–water partition coefficient (Wildman–Crippen LogP) is 0.461. The fraction of sp³-hybridized carbons (Fsp3) is 0.444. The largest absolute Gasteiger partial charge is 0.351 e. The second kappa shape index (κ2) is 3.12. The second-order valence-electron chi connectivity index (χ2n) is 3.15. The van der Waals surface area contributed by atoms with Crippen molar-refractivity contribution in [3.05, 3.63) is 23.3 Å². The monoisotopic (exact) mass is 177 g/mol. The maximum atomic E-state index is 11.5. The number of hydrogen-bond acceptors (Lipinski definition) is 3. The molecule has 1 aliphatic rings. The van der Waals surface area contributed by atoms with Crippen LogP contribution < -0.4 is 5.32 Å². The number of rotatable bonds is 0. The molecule has 2 heterocycles. The molecule has 0 bridgehead atoms. The van der Waals surface area contributed by atoms with E-state index in [1.165, 1.54) is 0 Å². The summed E-state index contributed by atoms with van der Waals surface area (Å²) in [7, 11) is 0. The molecule has 1 aliphatic heterocycles. The first-order valence-corrected chi connectivity index (χ1v) is 4.38. The summed E-state index contributed by atoms with van der Waals surface area (Å²) >= 11 is 0. The molecule has 1 N–H and O–H groups in total. The number of aromatic nitrogens is 2. The summed E-state index contributed by atoms with van der Waals surface area (Å²) in [6, 6.07) is 0. The highest BCUT2D eigenvalue weighted by atomic mass is 16.1. The average Bonchev–Trinajstić information content (AvgIpc) is 2.29. The van der Waals surface area contributed by atoms with E-state index in [0.717, 1.165) is 24.9 Å². The van der Waals surface area contributed by atoms with E-state index in [-0.39, 0.29) is 5.91 Å². The summed E-state index contributed by atoms with van der Waals surface area (Å²) in [6.45, 7) is 2.52. The molecular formula is C9H11N3O. The number of carbonyl (C=O) groups is 1. The number of fused-ring (bicyclic) bond motifs is 1. The standard InChI is InChI=1S/C9H11N3O/c1-6-11-5-7-3-2-4-10-9(13)8(7)12-6/h5H,2-4H2,1H3,(H,10,13). The third kappa shape index (κ3) is 1.52. The van der Waals surface area contributed by atoms with Gasteiger partial charge in [-0.25, -0.2) is 9.97 Å². The molecule has 0 saturated carbocycles. The highest BCUT2D eigenvalue weighted by Gasteiger charge is 2.16. The summed E-state index contributed by atoms with van der Waals surface area (Å²) in [5.74, 6) is 0.578. The molecule has 0 spiro atoms. The molecule has 13 heavy (non-hydrogen) atoms. The van der Waals surface area contributed by atoms with Gasteiger partial charge < -0.3 is 5.32 Å². The fourth-order valence-electron chi connectivity index (χ4n) is 1.44. The Labute approximate surface area is 76.4 Å². The van der Waals surface area contributed by atoms with Crippen LogP contribution in [0.5, 0.6) is 0 Å². The van der Waals surface area contributed by atoms with Crippen molar-refractivity contribution in [3.8, 4) is 0 Å². The zero-order valence-corrected chi connectivity index (χ0v) is 7.50. The number of hydrogen-bond donors (Lipinski definition) is 1. The van der Waals surface area contributed by atoms with Crippen LogP contribution in [-0.4, -0.2) is 22.4 Å². The predicted molar refractivity (Wildman–Crippen MR) is 47.4 cm³/mol. The summed E-state index contributed by atoms with van der Waals surface area (Å²) in [4.78, 5) is 19.7. The van der Waals surface area contributed by atoms with Crippen molar-refractivity contribution in [2.45, 2.75) is 19.8 Å². The molecule has 4 heteroatoms. The molecule has 68 valence electrons. The second-order valence-corrected chi connectivity index (χ2v) is 3.15. The van der Waals surface area contributed by atoms with Crippen LogP contribution in [0.25, 0.3) is 0 Å². The molecule has 1 amide bonds. The van der Waals surface area contributed by atoms with Crippen molar-refractivity contribution >= 4 is 5.91 Å². The van der Waals surface area contributed by atoms with Gasteiger partial charge >= 0.3 is 0 Å². The van der Waals surface area contributed by atoms with Crippen LogP contribution in [0.3, 0.4) is 0 Å². The van der Waals surface area contributed by atoms with Gasteiger partial charge in [0.15, 0.2) is 0 Å². The normalized spacial score (nSPS) is 15.9. The Kier molecular flexibility index (Phi) is 1.96. The van der Waals surface area contributed by atoms with Crippen molar-refractivity contribution in [1.29, 1.82) is 0 Å². The quantitative estimate of drug-likeness (QED) is 0.626. The van der Waals surface area contributed by atoms with E-state index in [4.69, 9.17) is 0 Å². The molecule has 0 unspecified atom stereocenters. The molecule has 4 nitrogen and oxygen atoms in total. The zero-order chi connectivity index (χ0) is 9.26. The van der Waals surface area contributed by atoms with Gasteiger partial charge in [0.05, 0.1) is 0 Å². The maximum absolute atomic E-state index is 11.5. The molecule has 0 fully saturated rings. The van der Waals surface area contributed by atoms with Gasteiger partial charge in [0.2, 0.25) is 0 Å². The SMILES string of the molecule is Cc1ncc2c(n1)C(=O)NCCC2. The minimum atomic E-state index is -0.0713. The number of aryl methyl sites for hydroxylation is 2. The van der Waals surface area contributed by atoms with Crippen LogP contribution in [-0.2, 0) is 6.42 Å². The lowest BCUT2D eigenvalue weighted by Gasteiger charge is -2.02. The first-order valence-electron chi connectivity index (χ1n) is 4.38. The zero-order valence-electron chi connectivity index (χ0n) is 7.50. The molecule has 0 atom stereocenters. The van der Waals surface area contributed by atoms with E-state index in [0.29, 0.717) is 11.5 Å². The van der Waals surface area contributed by atoms with Crippen LogP contribution in [0.15, 0.2) is 6.20 Å². The lowest BCUT2D eigenvalue weighted by Crippen LogP contribution is -2.24. The van der Waals surface area contributed by atoms with Crippen molar-refractivity contribution in [2.24, 2.45) is 0 Å². The van der Waals surface area contributed by atoms with Gasteiger partial charge in [-0.15, -0.1) is 0 Å². The summed E-state index contributed by atoms with van der Waals surface area (Å²) in [5, 5.41) is 2.80. The molecule has 1 aromatic rings. The molecule has 0 aliphatic carbocycles. The van der Waals surface area contributed by atoms with Crippen LogP contribution in [0.2, 0.25) is 0 Å². The summed E-state index contributed by atoms with van der Waals surface area (Å²) in [6.07, 6.45) is 3.60. The van der Waals surface area contributed by atoms with E-state index in [9.17, 15) is 4.79 Å². The van der Waals surface area contributed by atoms with E-state index >= 15 is 0 Å². The smallest absolute Gasteiger partial charge is 0.270 e. The van der Waals surface area contributed by atoms with Crippen molar-refractivity contribution < 1.29 is 4.79 Å². The highest BCUT2D eigenvalue weighted by Crippen LogP contribution is 2.10. The van der Waals surface area contributed by atoms with Crippen molar-refractivity contribution in [2.75, 3.05) is 6.54 Å². The first-order chi connectivity index (χ1) is 6.27. The number of carbonyl (C=O) groups excluding carboxylic acids is 1. The number of nitrogens with zero attached hydrogens (tertiary/aromatic N) is 2.